The first kappa shape index (κ1) is 13.1. The minimum Gasteiger partial charge on any atom is -0.310 e. The standard InChI is InChI=1S/C13H11ClN4O/c1-8-3-4-12(11(14)5-8)18-13(17-9(2)19)10(6-15)7-16-18/h3-5,7H,1-2H3,(H,17,19). The molecule has 1 aromatic carbocycles. The summed E-state index contributed by atoms with van der Waals surface area (Å²) < 4.78 is 1.45. The van der Waals surface area contributed by atoms with Crippen LogP contribution in [0, 0.1) is 18.3 Å². The maximum absolute atomic E-state index is 11.2. The molecular weight excluding hydrogens is 264 g/mol. The van der Waals surface area contributed by atoms with Crippen molar-refractivity contribution in [3.8, 4) is 11.8 Å². The molecule has 5 nitrogen and oxygen atoms in total. The highest BCUT2D eigenvalue weighted by molar-refractivity contribution is 6.32. The predicted molar refractivity (Wildman–Crippen MR) is 72.3 cm³/mol. The molecule has 0 saturated carbocycles. The minimum absolute atomic E-state index is 0.276. The molecule has 0 aliphatic carbocycles. The number of halogens is 1. The van der Waals surface area contributed by atoms with Crippen molar-refractivity contribution < 1.29 is 4.79 Å². The maximum Gasteiger partial charge on any atom is 0.222 e. The Kier molecular flexibility index (Phi) is 3.54. The van der Waals surface area contributed by atoms with Crippen LogP contribution in [0.15, 0.2) is 24.4 Å². The normalized spacial score (nSPS) is 10.0. The van der Waals surface area contributed by atoms with Gasteiger partial charge < -0.3 is 5.32 Å². The number of aryl methyl sites for hydroxylation is 1. The van der Waals surface area contributed by atoms with Gasteiger partial charge in [0.1, 0.15) is 11.6 Å². The van der Waals surface area contributed by atoms with E-state index < -0.39 is 0 Å². The number of carbonyl (C=O) groups excluding carboxylic acids is 1. The number of carbonyl (C=O) groups is 1. The van der Waals surface area contributed by atoms with Crippen molar-refractivity contribution in [3.05, 3.63) is 40.5 Å². The van der Waals surface area contributed by atoms with Gasteiger partial charge in [0.15, 0.2) is 5.82 Å². The zero-order valence-corrected chi connectivity index (χ0v) is 11.2. The van der Waals surface area contributed by atoms with Crippen LogP contribution in [-0.4, -0.2) is 15.7 Å². The molecule has 0 aliphatic heterocycles. The number of hydrogen-bond acceptors (Lipinski definition) is 3. The van der Waals surface area contributed by atoms with Crippen molar-refractivity contribution in [1.29, 1.82) is 5.26 Å². The average Bonchev–Trinajstić information content (AvgIpc) is 2.71. The van der Waals surface area contributed by atoms with Crippen LogP contribution >= 0.6 is 11.6 Å². The number of amides is 1. The molecule has 0 saturated heterocycles. The summed E-state index contributed by atoms with van der Waals surface area (Å²) in [5, 5.41) is 16.2. The number of nitrogens with zero attached hydrogens (tertiary/aromatic N) is 3. The summed E-state index contributed by atoms with van der Waals surface area (Å²) in [4.78, 5) is 11.2. The van der Waals surface area contributed by atoms with Gasteiger partial charge in [-0.15, -0.1) is 0 Å². The first-order chi connectivity index (χ1) is 9.02. The maximum atomic E-state index is 11.2. The van der Waals surface area contributed by atoms with E-state index in [0.29, 0.717) is 16.5 Å². The Morgan fingerprint density at radius 2 is 2.26 bits per heavy atom. The molecule has 0 fully saturated rings. The Hall–Kier alpha value is -2.32. The third-order valence-corrected chi connectivity index (χ3v) is 2.82. The van der Waals surface area contributed by atoms with Gasteiger partial charge in [0.05, 0.1) is 16.9 Å². The Morgan fingerprint density at radius 1 is 1.53 bits per heavy atom. The van der Waals surface area contributed by atoms with Gasteiger partial charge in [0.25, 0.3) is 0 Å². The fraction of sp³-hybridized carbons (Fsp3) is 0.154. The van der Waals surface area contributed by atoms with E-state index in [-0.39, 0.29) is 11.5 Å². The molecule has 2 aromatic rings. The van der Waals surface area contributed by atoms with E-state index >= 15 is 0 Å². The van der Waals surface area contributed by atoms with Gasteiger partial charge in [-0.1, -0.05) is 17.7 Å². The first-order valence-electron chi connectivity index (χ1n) is 5.55. The molecule has 0 spiro atoms. The minimum atomic E-state index is -0.276. The largest absolute Gasteiger partial charge is 0.310 e. The first-order valence-corrected chi connectivity index (χ1v) is 5.93. The van der Waals surface area contributed by atoms with Crippen molar-refractivity contribution >= 4 is 23.3 Å². The van der Waals surface area contributed by atoms with Gasteiger partial charge in [-0.25, -0.2) is 4.68 Å². The molecule has 19 heavy (non-hydrogen) atoms. The van der Waals surface area contributed by atoms with E-state index in [0.717, 1.165) is 5.56 Å². The summed E-state index contributed by atoms with van der Waals surface area (Å²) >= 11 is 6.17. The fourth-order valence-corrected chi connectivity index (χ4v) is 2.00. The van der Waals surface area contributed by atoms with E-state index in [4.69, 9.17) is 16.9 Å². The highest BCUT2D eigenvalue weighted by Crippen LogP contribution is 2.26. The number of benzene rings is 1. The molecule has 0 atom stereocenters. The van der Waals surface area contributed by atoms with Crippen LogP contribution in [0.4, 0.5) is 5.82 Å². The van der Waals surface area contributed by atoms with Crippen LogP contribution in [-0.2, 0) is 4.79 Å². The van der Waals surface area contributed by atoms with Crippen LogP contribution in [0.25, 0.3) is 5.69 Å². The van der Waals surface area contributed by atoms with Gasteiger partial charge in [-0.05, 0) is 24.6 Å². The predicted octanol–water partition coefficient (Wildman–Crippen LogP) is 2.66. The zero-order valence-electron chi connectivity index (χ0n) is 10.4. The van der Waals surface area contributed by atoms with Gasteiger partial charge >= 0.3 is 0 Å². The van der Waals surface area contributed by atoms with E-state index in [9.17, 15) is 4.79 Å². The number of aromatic nitrogens is 2. The Balaban J connectivity index is 2.59. The van der Waals surface area contributed by atoms with Crippen molar-refractivity contribution in [2.45, 2.75) is 13.8 Å². The number of rotatable bonds is 2. The topological polar surface area (TPSA) is 70.7 Å². The lowest BCUT2D eigenvalue weighted by atomic mass is 10.2. The van der Waals surface area contributed by atoms with Gasteiger partial charge in [0, 0.05) is 6.92 Å². The van der Waals surface area contributed by atoms with Crippen molar-refractivity contribution in [3.63, 3.8) is 0 Å². The molecule has 1 amide bonds. The van der Waals surface area contributed by atoms with Crippen LogP contribution in [0.2, 0.25) is 5.02 Å². The lowest BCUT2D eigenvalue weighted by molar-refractivity contribution is -0.114. The van der Waals surface area contributed by atoms with Crippen molar-refractivity contribution in [1.82, 2.24) is 9.78 Å². The summed E-state index contributed by atoms with van der Waals surface area (Å²) in [7, 11) is 0. The highest BCUT2D eigenvalue weighted by atomic mass is 35.5. The van der Waals surface area contributed by atoms with Crippen LogP contribution in [0.1, 0.15) is 18.1 Å². The van der Waals surface area contributed by atoms with Crippen LogP contribution in [0.5, 0.6) is 0 Å². The van der Waals surface area contributed by atoms with E-state index in [1.165, 1.54) is 17.8 Å². The third kappa shape index (κ3) is 2.59. The van der Waals surface area contributed by atoms with E-state index in [1.807, 2.05) is 19.1 Å². The second-order valence-electron chi connectivity index (χ2n) is 4.07. The quantitative estimate of drug-likeness (QED) is 0.915. The van der Waals surface area contributed by atoms with Crippen molar-refractivity contribution in [2.75, 3.05) is 5.32 Å². The van der Waals surface area contributed by atoms with E-state index in [1.54, 1.807) is 12.1 Å². The molecule has 0 aliphatic rings. The molecule has 1 aromatic heterocycles. The Bertz CT molecular complexity index is 684. The molecule has 2 rings (SSSR count). The molecule has 0 radical (unpaired) electrons. The number of nitriles is 1. The molecule has 0 bridgehead atoms. The summed E-state index contributed by atoms with van der Waals surface area (Å²) in [5.74, 6) is 0.0437. The number of hydrogen-bond donors (Lipinski definition) is 1. The molecule has 0 unspecified atom stereocenters. The van der Waals surface area contributed by atoms with E-state index in [2.05, 4.69) is 10.4 Å². The molecule has 1 heterocycles. The van der Waals surface area contributed by atoms with Crippen LogP contribution in [0.3, 0.4) is 0 Å². The molecule has 1 N–H and O–H groups in total. The monoisotopic (exact) mass is 274 g/mol. The smallest absolute Gasteiger partial charge is 0.222 e. The SMILES string of the molecule is CC(=O)Nc1c(C#N)cnn1-c1ccc(C)cc1Cl. The molecule has 96 valence electrons. The van der Waals surface area contributed by atoms with Crippen LogP contribution < -0.4 is 5.32 Å². The summed E-state index contributed by atoms with van der Waals surface area (Å²) in [5.41, 5.74) is 1.91. The summed E-state index contributed by atoms with van der Waals surface area (Å²) in [6.07, 6.45) is 1.39. The Labute approximate surface area is 115 Å². The van der Waals surface area contributed by atoms with Gasteiger partial charge in [-0.2, -0.15) is 10.4 Å². The lowest BCUT2D eigenvalue weighted by Crippen LogP contribution is -2.12. The fourth-order valence-electron chi connectivity index (χ4n) is 1.68. The lowest BCUT2D eigenvalue weighted by Gasteiger charge is -2.10. The second-order valence-corrected chi connectivity index (χ2v) is 4.47. The zero-order chi connectivity index (χ0) is 14.0. The highest BCUT2D eigenvalue weighted by Gasteiger charge is 2.15. The number of nitrogens with one attached hydrogen (secondary N) is 1. The Morgan fingerprint density at radius 3 is 2.84 bits per heavy atom. The van der Waals surface area contributed by atoms with Gasteiger partial charge in [-0.3, -0.25) is 4.79 Å². The average molecular weight is 275 g/mol. The summed E-state index contributed by atoms with van der Waals surface area (Å²) in [6.45, 7) is 3.30. The third-order valence-electron chi connectivity index (χ3n) is 2.52. The van der Waals surface area contributed by atoms with Gasteiger partial charge in [0.2, 0.25) is 5.91 Å². The molecular formula is C13H11ClN4O. The number of anilines is 1. The second kappa shape index (κ2) is 5.12. The summed E-state index contributed by atoms with van der Waals surface area (Å²) in [6, 6.07) is 7.44. The molecule has 6 heteroatoms. The van der Waals surface area contributed by atoms with Crippen molar-refractivity contribution in [2.24, 2.45) is 0 Å².